The van der Waals surface area contributed by atoms with Gasteiger partial charge in [0.15, 0.2) is 0 Å². The van der Waals surface area contributed by atoms with E-state index in [1.807, 2.05) is 25.1 Å². The van der Waals surface area contributed by atoms with Gasteiger partial charge in [-0.1, -0.05) is 12.2 Å². The highest BCUT2D eigenvalue weighted by Crippen LogP contribution is 2.04. The SMILES string of the molecule is C/C=C/C(O)Cc1ccco1. The Morgan fingerprint density at radius 1 is 1.73 bits per heavy atom. The van der Waals surface area contributed by atoms with Crippen LogP contribution in [0.25, 0.3) is 0 Å². The molecule has 0 radical (unpaired) electrons. The van der Waals surface area contributed by atoms with Gasteiger partial charge in [0, 0.05) is 6.42 Å². The highest BCUT2D eigenvalue weighted by Gasteiger charge is 2.01. The lowest BCUT2D eigenvalue weighted by Gasteiger charge is -2.00. The molecular formula is C9H12O2. The van der Waals surface area contributed by atoms with Crippen LogP contribution in [0.15, 0.2) is 35.0 Å². The predicted octanol–water partition coefficient (Wildman–Crippen LogP) is 1.76. The normalized spacial score (nSPS) is 14.0. The fourth-order valence-corrected chi connectivity index (χ4v) is 0.925. The molecule has 0 amide bonds. The summed E-state index contributed by atoms with van der Waals surface area (Å²) in [4.78, 5) is 0. The zero-order chi connectivity index (χ0) is 8.10. The molecule has 2 heteroatoms. The second-order valence-electron chi connectivity index (χ2n) is 2.38. The summed E-state index contributed by atoms with van der Waals surface area (Å²) in [5.74, 6) is 0.815. The average Bonchev–Trinajstić information content (AvgIpc) is 2.40. The highest BCUT2D eigenvalue weighted by molar-refractivity contribution is 5.02. The molecule has 0 aliphatic heterocycles. The third-order valence-corrected chi connectivity index (χ3v) is 1.41. The molecule has 1 rings (SSSR count). The van der Waals surface area contributed by atoms with Crippen LogP contribution in [-0.4, -0.2) is 11.2 Å². The molecule has 60 valence electrons. The van der Waals surface area contributed by atoms with E-state index in [4.69, 9.17) is 4.42 Å². The zero-order valence-electron chi connectivity index (χ0n) is 6.53. The number of rotatable bonds is 3. The van der Waals surface area contributed by atoms with Gasteiger partial charge in [0.25, 0.3) is 0 Å². The topological polar surface area (TPSA) is 33.4 Å². The molecule has 1 heterocycles. The monoisotopic (exact) mass is 152 g/mol. The highest BCUT2D eigenvalue weighted by atomic mass is 16.3. The van der Waals surface area contributed by atoms with Gasteiger partial charge in [0.1, 0.15) is 5.76 Å². The van der Waals surface area contributed by atoms with E-state index < -0.39 is 6.10 Å². The van der Waals surface area contributed by atoms with Crippen molar-refractivity contribution >= 4 is 0 Å². The van der Waals surface area contributed by atoms with Crippen LogP contribution >= 0.6 is 0 Å². The van der Waals surface area contributed by atoms with Crippen molar-refractivity contribution in [2.45, 2.75) is 19.4 Å². The maximum atomic E-state index is 9.27. The molecular weight excluding hydrogens is 140 g/mol. The van der Waals surface area contributed by atoms with E-state index in [0.29, 0.717) is 6.42 Å². The Bertz CT molecular complexity index is 211. The Balaban J connectivity index is 2.43. The Morgan fingerprint density at radius 3 is 3.09 bits per heavy atom. The van der Waals surface area contributed by atoms with Gasteiger partial charge in [-0.3, -0.25) is 0 Å². The van der Waals surface area contributed by atoms with Crippen LogP contribution in [0.3, 0.4) is 0 Å². The summed E-state index contributed by atoms with van der Waals surface area (Å²) in [7, 11) is 0. The number of hydrogen-bond acceptors (Lipinski definition) is 2. The summed E-state index contributed by atoms with van der Waals surface area (Å²) < 4.78 is 5.06. The number of aliphatic hydroxyl groups is 1. The maximum absolute atomic E-state index is 9.27. The van der Waals surface area contributed by atoms with Crippen molar-refractivity contribution in [3.63, 3.8) is 0 Å². The molecule has 2 nitrogen and oxygen atoms in total. The molecule has 0 bridgehead atoms. The molecule has 0 aromatic carbocycles. The summed E-state index contributed by atoms with van der Waals surface area (Å²) >= 11 is 0. The molecule has 0 fully saturated rings. The summed E-state index contributed by atoms with van der Waals surface area (Å²) in [6.07, 6.45) is 5.30. The van der Waals surface area contributed by atoms with Crippen molar-refractivity contribution in [2.75, 3.05) is 0 Å². The van der Waals surface area contributed by atoms with Gasteiger partial charge in [-0.15, -0.1) is 0 Å². The minimum Gasteiger partial charge on any atom is -0.469 e. The van der Waals surface area contributed by atoms with Crippen molar-refractivity contribution in [3.8, 4) is 0 Å². The van der Waals surface area contributed by atoms with E-state index in [2.05, 4.69) is 0 Å². The van der Waals surface area contributed by atoms with Crippen LogP contribution in [-0.2, 0) is 6.42 Å². The van der Waals surface area contributed by atoms with Gasteiger partial charge in [0.2, 0.25) is 0 Å². The molecule has 1 atom stereocenters. The summed E-state index contributed by atoms with van der Waals surface area (Å²) in [6.45, 7) is 1.88. The third kappa shape index (κ3) is 2.60. The Morgan fingerprint density at radius 2 is 2.55 bits per heavy atom. The first-order chi connectivity index (χ1) is 5.33. The minimum absolute atomic E-state index is 0.425. The van der Waals surface area contributed by atoms with Gasteiger partial charge in [-0.25, -0.2) is 0 Å². The lowest BCUT2D eigenvalue weighted by molar-refractivity contribution is 0.214. The van der Waals surface area contributed by atoms with Crippen LogP contribution in [0.4, 0.5) is 0 Å². The first-order valence-electron chi connectivity index (χ1n) is 3.66. The molecule has 1 aromatic heterocycles. The van der Waals surface area contributed by atoms with Crippen LogP contribution in [0.5, 0.6) is 0 Å². The molecule has 11 heavy (non-hydrogen) atoms. The minimum atomic E-state index is -0.425. The van der Waals surface area contributed by atoms with Gasteiger partial charge < -0.3 is 9.52 Å². The first kappa shape index (κ1) is 8.08. The zero-order valence-corrected chi connectivity index (χ0v) is 6.53. The average molecular weight is 152 g/mol. The van der Waals surface area contributed by atoms with Crippen LogP contribution in [0.2, 0.25) is 0 Å². The molecule has 1 unspecified atom stereocenters. The number of aliphatic hydroxyl groups excluding tert-OH is 1. The lowest BCUT2D eigenvalue weighted by atomic mass is 10.2. The number of hydrogen-bond donors (Lipinski definition) is 1. The van der Waals surface area contributed by atoms with E-state index in [9.17, 15) is 5.11 Å². The predicted molar refractivity (Wildman–Crippen MR) is 43.2 cm³/mol. The van der Waals surface area contributed by atoms with Crippen molar-refractivity contribution < 1.29 is 9.52 Å². The Kier molecular flexibility index (Phi) is 2.93. The smallest absolute Gasteiger partial charge is 0.106 e. The van der Waals surface area contributed by atoms with Gasteiger partial charge in [-0.05, 0) is 19.1 Å². The molecule has 1 aromatic rings. The van der Waals surface area contributed by atoms with Crippen LogP contribution < -0.4 is 0 Å². The standard InChI is InChI=1S/C9H12O2/c1-2-4-8(10)7-9-5-3-6-11-9/h2-6,8,10H,7H2,1H3/b4-2+. The summed E-state index contributed by atoms with van der Waals surface area (Å²) in [5, 5.41) is 9.27. The number of furan rings is 1. The maximum Gasteiger partial charge on any atom is 0.106 e. The van der Waals surface area contributed by atoms with E-state index in [1.54, 1.807) is 12.3 Å². The lowest BCUT2D eigenvalue weighted by Crippen LogP contribution is -2.05. The van der Waals surface area contributed by atoms with Crippen LogP contribution in [0.1, 0.15) is 12.7 Å². The van der Waals surface area contributed by atoms with Crippen molar-refractivity contribution in [1.29, 1.82) is 0 Å². The van der Waals surface area contributed by atoms with Crippen molar-refractivity contribution in [1.82, 2.24) is 0 Å². The fourth-order valence-electron chi connectivity index (χ4n) is 0.925. The van der Waals surface area contributed by atoms with E-state index >= 15 is 0 Å². The molecule has 0 spiro atoms. The summed E-state index contributed by atoms with van der Waals surface area (Å²) in [6, 6.07) is 3.67. The van der Waals surface area contributed by atoms with Gasteiger partial charge >= 0.3 is 0 Å². The van der Waals surface area contributed by atoms with E-state index in [0.717, 1.165) is 5.76 Å². The number of allylic oxidation sites excluding steroid dienone is 1. The third-order valence-electron chi connectivity index (χ3n) is 1.41. The molecule has 1 N–H and O–H groups in total. The van der Waals surface area contributed by atoms with E-state index in [-0.39, 0.29) is 0 Å². The molecule has 0 saturated carbocycles. The van der Waals surface area contributed by atoms with Crippen molar-refractivity contribution in [3.05, 3.63) is 36.3 Å². The van der Waals surface area contributed by atoms with Gasteiger partial charge in [-0.2, -0.15) is 0 Å². The molecule has 0 aliphatic rings. The summed E-state index contributed by atoms with van der Waals surface area (Å²) in [5.41, 5.74) is 0. The van der Waals surface area contributed by atoms with Gasteiger partial charge in [0.05, 0.1) is 12.4 Å². The molecule has 0 saturated heterocycles. The van der Waals surface area contributed by atoms with Crippen molar-refractivity contribution in [2.24, 2.45) is 0 Å². The Labute approximate surface area is 66.2 Å². The molecule has 0 aliphatic carbocycles. The Hall–Kier alpha value is -1.02. The van der Waals surface area contributed by atoms with Crippen LogP contribution in [0, 0.1) is 0 Å². The quantitative estimate of drug-likeness (QED) is 0.669. The first-order valence-corrected chi connectivity index (χ1v) is 3.66. The fraction of sp³-hybridized carbons (Fsp3) is 0.333. The second kappa shape index (κ2) is 3.98. The largest absolute Gasteiger partial charge is 0.469 e. The second-order valence-corrected chi connectivity index (χ2v) is 2.38. The van der Waals surface area contributed by atoms with E-state index in [1.165, 1.54) is 0 Å².